The van der Waals surface area contributed by atoms with Crippen LogP contribution in [0.3, 0.4) is 0 Å². The van der Waals surface area contributed by atoms with Crippen molar-refractivity contribution < 1.29 is 23.5 Å². The summed E-state index contributed by atoms with van der Waals surface area (Å²) in [6, 6.07) is 0. The fourth-order valence-corrected chi connectivity index (χ4v) is 2.85. The van der Waals surface area contributed by atoms with Crippen molar-refractivity contribution in [2.75, 3.05) is 19.6 Å². The van der Waals surface area contributed by atoms with Gasteiger partial charge >= 0.3 is 7.60 Å². The summed E-state index contributed by atoms with van der Waals surface area (Å²) >= 11 is 0. The fraction of sp³-hybridized carbons (Fsp3) is 0.800. The van der Waals surface area contributed by atoms with Gasteiger partial charge in [0.05, 0.1) is 25.4 Å². The van der Waals surface area contributed by atoms with E-state index in [9.17, 15) is 9.67 Å². The van der Waals surface area contributed by atoms with Gasteiger partial charge in [-0.25, -0.2) is 0 Å². The molecule has 0 fully saturated rings. The molecule has 0 aromatic heterocycles. The first-order valence-electron chi connectivity index (χ1n) is 5.45. The molecule has 1 aliphatic rings. The lowest BCUT2D eigenvalue weighted by Gasteiger charge is -2.19. The molecular formula is C10H19O5P. The summed E-state index contributed by atoms with van der Waals surface area (Å²) in [6.07, 6.45) is 3.17. The third-order valence-electron chi connectivity index (χ3n) is 2.12. The van der Waals surface area contributed by atoms with Crippen molar-refractivity contribution in [2.45, 2.75) is 32.5 Å². The first-order chi connectivity index (χ1) is 7.59. The molecule has 16 heavy (non-hydrogen) atoms. The van der Waals surface area contributed by atoms with Crippen LogP contribution in [0.1, 0.15) is 20.3 Å². The van der Waals surface area contributed by atoms with Gasteiger partial charge in [-0.2, -0.15) is 0 Å². The van der Waals surface area contributed by atoms with Gasteiger partial charge in [-0.3, -0.25) is 4.57 Å². The van der Waals surface area contributed by atoms with Crippen molar-refractivity contribution in [3.63, 3.8) is 0 Å². The van der Waals surface area contributed by atoms with Crippen LogP contribution in [-0.4, -0.2) is 36.9 Å². The van der Waals surface area contributed by atoms with E-state index in [1.807, 2.05) is 0 Å². The van der Waals surface area contributed by atoms with Crippen LogP contribution >= 0.6 is 7.60 Å². The highest BCUT2D eigenvalue weighted by molar-refractivity contribution is 7.53. The Morgan fingerprint density at radius 1 is 1.31 bits per heavy atom. The minimum absolute atomic E-state index is 0.0730. The Morgan fingerprint density at radius 3 is 2.38 bits per heavy atom. The van der Waals surface area contributed by atoms with Crippen LogP contribution in [0.4, 0.5) is 0 Å². The van der Waals surface area contributed by atoms with Gasteiger partial charge in [-0.15, -0.1) is 0 Å². The maximum absolute atomic E-state index is 12.0. The first-order valence-corrected chi connectivity index (χ1v) is 7.18. The molecule has 0 aromatic carbocycles. The minimum atomic E-state index is -3.13. The molecular weight excluding hydrogens is 231 g/mol. The fourth-order valence-electron chi connectivity index (χ4n) is 1.46. The van der Waals surface area contributed by atoms with Gasteiger partial charge in [0, 0.05) is 6.42 Å². The molecule has 0 spiro atoms. The zero-order valence-electron chi connectivity index (χ0n) is 9.67. The molecule has 2 atom stereocenters. The van der Waals surface area contributed by atoms with Crippen LogP contribution in [0.25, 0.3) is 0 Å². The Labute approximate surface area is 95.9 Å². The van der Waals surface area contributed by atoms with Crippen LogP contribution in [0.15, 0.2) is 12.2 Å². The highest BCUT2D eigenvalue weighted by atomic mass is 31.2. The molecule has 0 saturated heterocycles. The van der Waals surface area contributed by atoms with E-state index in [0.717, 1.165) is 0 Å². The smallest absolute Gasteiger partial charge is 0.356 e. The van der Waals surface area contributed by atoms with Gasteiger partial charge in [0.1, 0.15) is 6.35 Å². The molecule has 1 N–H and O–H groups in total. The van der Waals surface area contributed by atoms with Gasteiger partial charge in [0.25, 0.3) is 0 Å². The maximum atomic E-state index is 12.0. The van der Waals surface area contributed by atoms with Gasteiger partial charge in [-0.1, -0.05) is 12.2 Å². The quantitative estimate of drug-likeness (QED) is 0.552. The van der Waals surface area contributed by atoms with Gasteiger partial charge in [-0.05, 0) is 13.8 Å². The van der Waals surface area contributed by atoms with Crippen LogP contribution in [0.2, 0.25) is 0 Å². The average Bonchev–Trinajstić information content (AvgIpc) is 2.62. The average molecular weight is 250 g/mol. The molecule has 1 aliphatic carbocycles. The lowest BCUT2D eigenvalue weighted by atomic mass is 10.3. The van der Waals surface area contributed by atoms with Crippen molar-refractivity contribution in [1.82, 2.24) is 0 Å². The largest absolute Gasteiger partial charge is 0.389 e. The lowest BCUT2D eigenvalue weighted by Crippen LogP contribution is -2.13. The zero-order valence-corrected chi connectivity index (χ0v) is 10.6. The number of ether oxygens (including phenoxy) is 1. The van der Waals surface area contributed by atoms with E-state index < -0.39 is 13.7 Å². The monoisotopic (exact) mass is 250 g/mol. The molecule has 94 valence electrons. The third kappa shape index (κ3) is 4.36. The number of hydrogen-bond donors (Lipinski definition) is 1. The van der Waals surface area contributed by atoms with Crippen molar-refractivity contribution >= 4 is 7.60 Å². The van der Waals surface area contributed by atoms with Gasteiger partial charge in [0.15, 0.2) is 0 Å². The SMILES string of the molecule is CCOP(=O)(CO[C@H]1C=C[C@H](O)C1)OCC. The van der Waals surface area contributed by atoms with Gasteiger partial charge < -0.3 is 18.9 Å². The summed E-state index contributed by atoms with van der Waals surface area (Å²) in [5.74, 6) is 0. The molecule has 0 unspecified atom stereocenters. The molecule has 0 aromatic rings. The van der Waals surface area contributed by atoms with E-state index in [-0.39, 0.29) is 12.5 Å². The molecule has 6 heteroatoms. The number of aliphatic hydroxyl groups is 1. The summed E-state index contributed by atoms with van der Waals surface area (Å²) in [4.78, 5) is 0. The predicted octanol–water partition coefficient (Wildman–Crippen LogP) is 1.92. The Kier molecular flexibility index (Phi) is 5.66. The summed E-state index contributed by atoms with van der Waals surface area (Å²) in [7, 11) is -3.13. The predicted molar refractivity (Wildman–Crippen MR) is 60.4 cm³/mol. The summed E-state index contributed by atoms with van der Waals surface area (Å²) < 4.78 is 27.5. The van der Waals surface area contributed by atoms with Crippen LogP contribution < -0.4 is 0 Å². The molecule has 0 amide bonds. The standard InChI is InChI=1S/C10H19O5P/c1-3-14-16(12,15-4-2)8-13-10-6-5-9(11)7-10/h5-6,9-11H,3-4,7-8H2,1-2H3/t9-,10-/m0/s1. The van der Waals surface area contributed by atoms with Crippen molar-refractivity contribution in [3.05, 3.63) is 12.2 Å². The second kappa shape index (κ2) is 6.52. The molecule has 0 aliphatic heterocycles. The normalized spacial score (nSPS) is 25.2. The topological polar surface area (TPSA) is 65.0 Å². The third-order valence-corrected chi connectivity index (χ3v) is 3.89. The van der Waals surface area contributed by atoms with Crippen molar-refractivity contribution in [3.8, 4) is 0 Å². The van der Waals surface area contributed by atoms with Crippen molar-refractivity contribution in [1.29, 1.82) is 0 Å². The molecule has 0 heterocycles. The van der Waals surface area contributed by atoms with E-state index in [1.54, 1.807) is 26.0 Å². The van der Waals surface area contributed by atoms with E-state index in [0.29, 0.717) is 19.6 Å². The zero-order chi connectivity index (χ0) is 12.0. The Morgan fingerprint density at radius 2 is 1.94 bits per heavy atom. The summed E-state index contributed by atoms with van der Waals surface area (Å²) in [6.45, 7) is 4.16. The van der Waals surface area contributed by atoms with E-state index in [4.69, 9.17) is 13.8 Å². The number of rotatable bonds is 7. The second-order valence-electron chi connectivity index (χ2n) is 3.47. The van der Waals surface area contributed by atoms with Crippen molar-refractivity contribution in [2.24, 2.45) is 0 Å². The van der Waals surface area contributed by atoms with Crippen LogP contribution in [0, 0.1) is 0 Å². The van der Waals surface area contributed by atoms with Crippen LogP contribution in [0.5, 0.6) is 0 Å². The first kappa shape index (κ1) is 13.9. The highest BCUT2D eigenvalue weighted by Gasteiger charge is 2.27. The van der Waals surface area contributed by atoms with Crippen LogP contribution in [-0.2, 0) is 18.3 Å². The maximum Gasteiger partial charge on any atom is 0.356 e. The highest BCUT2D eigenvalue weighted by Crippen LogP contribution is 2.48. The van der Waals surface area contributed by atoms with E-state index >= 15 is 0 Å². The van der Waals surface area contributed by atoms with E-state index in [2.05, 4.69) is 0 Å². The Bertz CT molecular complexity index is 268. The second-order valence-corrected chi connectivity index (χ2v) is 5.47. The van der Waals surface area contributed by atoms with Gasteiger partial charge in [0.2, 0.25) is 0 Å². The summed E-state index contributed by atoms with van der Waals surface area (Å²) in [5, 5.41) is 9.24. The number of aliphatic hydroxyl groups excluding tert-OH is 1. The lowest BCUT2D eigenvalue weighted by molar-refractivity contribution is 0.0740. The molecule has 5 nitrogen and oxygen atoms in total. The molecule has 0 radical (unpaired) electrons. The number of hydrogen-bond acceptors (Lipinski definition) is 5. The summed E-state index contributed by atoms with van der Waals surface area (Å²) in [5.41, 5.74) is 0. The Balaban J connectivity index is 2.38. The minimum Gasteiger partial charge on any atom is -0.389 e. The molecule has 0 saturated carbocycles. The Hall–Kier alpha value is -0.190. The molecule has 0 bridgehead atoms. The molecule has 1 rings (SSSR count). The van der Waals surface area contributed by atoms with E-state index in [1.165, 1.54) is 0 Å².